The van der Waals surface area contributed by atoms with Crippen molar-refractivity contribution in [3.63, 3.8) is 0 Å². The van der Waals surface area contributed by atoms with Crippen LogP contribution in [0.15, 0.2) is 15.0 Å². The minimum Gasteiger partial charge on any atom is -0.394 e. The number of hydrogen-bond donors (Lipinski definition) is 3. The third-order valence-corrected chi connectivity index (χ3v) is 3.87. The van der Waals surface area contributed by atoms with Crippen LogP contribution in [-0.4, -0.2) is 68.6 Å². The Hall–Kier alpha value is -1.36. The minimum absolute atomic E-state index is 0.138. The van der Waals surface area contributed by atoms with Gasteiger partial charge in [-0.1, -0.05) is 0 Å². The number of amidine groups is 2. The highest BCUT2D eigenvalue weighted by Gasteiger charge is 2.46. The van der Waals surface area contributed by atoms with Gasteiger partial charge in [0.15, 0.2) is 16.6 Å². The lowest BCUT2D eigenvalue weighted by atomic mass is 10.2. The van der Waals surface area contributed by atoms with Crippen molar-refractivity contribution >= 4 is 38.4 Å². The topological polar surface area (TPSA) is 133 Å². The molecule has 0 aromatic rings. The summed E-state index contributed by atoms with van der Waals surface area (Å²) >= 11 is 3.24. The highest BCUT2D eigenvalue weighted by molar-refractivity contribution is 9.18. The molecule has 20 heavy (non-hydrogen) atoms. The Morgan fingerprint density at radius 3 is 2.90 bits per heavy atom. The first-order chi connectivity index (χ1) is 9.51. The van der Waals surface area contributed by atoms with Crippen LogP contribution in [0.25, 0.3) is 0 Å². The second kappa shape index (κ2) is 4.88. The fourth-order valence-corrected chi connectivity index (χ4v) is 2.97. The fraction of sp³-hybridized carbons (Fsp3) is 0.600. The molecule has 3 rings (SSSR count). The molecular weight excluding hydrogens is 334 g/mol. The number of aliphatic hydroxyl groups excluding tert-OH is 2. The molecule has 3 aliphatic rings. The van der Waals surface area contributed by atoms with Crippen LogP contribution in [0.1, 0.15) is 6.42 Å². The highest BCUT2D eigenvalue weighted by Crippen LogP contribution is 2.30. The van der Waals surface area contributed by atoms with Gasteiger partial charge in [-0.05, 0) is 15.9 Å². The molecule has 3 heterocycles. The van der Waals surface area contributed by atoms with E-state index in [-0.39, 0.29) is 19.0 Å². The third kappa shape index (κ3) is 2.04. The Kier molecular flexibility index (Phi) is 3.32. The SMILES string of the molecule is NC1=NC(=O)C2N=C(Br)N(C3CC(O)C(CO)O3)C2=N1. The van der Waals surface area contributed by atoms with Crippen LogP contribution < -0.4 is 5.73 Å². The van der Waals surface area contributed by atoms with E-state index >= 15 is 0 Å². The van der Waals surface area contributed by atoms with E-state index in [2.05, 4.69) is 30.9 Å². The van der Waals surface area contributed by atoms with Crippen LogP contribution in [0.2, 0.25) is 0 Å². The molecule has 0 bridgehead atoms. The molecule has 4 unspecified atom stereocenters. The summed E-state index contributed by atoms with van der Waals surface area (Å²) in [6, 6.07) is -0.842. The molecule has 9 nitrogen and oxygen atoms in total. The van der Waals surface area contributed by atoms with Crippen molar-refractivity contribution in [2.45, 2.75) is 30.9 Å². The van der Waals surface area contributed by atoms with Crippen molar-refractivity contribution in [2.24, 2.45) is 20.7 Å². The summed E-state index contributed by atoms with van der Waals surface area (Å²) < 4.78 is 5.90. The van der Waals surface area contributed by atoms with Gasteiger partial charge in [0, 0.05) is 6.42 Å². The van der Waals surface area contributed by atoms with Gasteiger partial charge in [0.05, 0.1) is 12.7 Å². The molecule has 4 N–H and O–H groups in total. The van der Waals surface area contributed by atoms with E-state index in [0.29, 0.717) is 10.6 Å². The van der Waals surface area contributed by atoms with E-state index in [1.807, 2.05) is 0 Å². The summed E-state index contributed by atoms with van der Waals surface area (Å²) in [5.74, 6) is -0.324. The van der Waals surface area contributed by atoms with E-state index in [4.69, 9.17) is 15.6 Å². The van der Waals surface area contributed by atoms with Crippen molar-refractivity contribution in [3.8, 4) is 0 Å². The number of guanidine groups is 1. The number of amides is 1. The summed E-state index contributed by atoms with van der Waals surface area (Å²) in [5, 5.41) is 18.9. The number of halogens is 1. The summed E-state index contributed by atoms with van der Waals surface area (Å²) in [6.45, 7) is -0.293. The number of aliphatic hydroxyl groups is 2. The van der Waals surface area contributed by atoms with Crippen LogP contribution in [0, 0.1) is 0 Å². The number of nitrogens with zero attached hydrogens (tertiary/aromatic N) is 4. The summed E-state index contributed by atoms with van der Waals surface area (Å²) in [7, 11) is 0. The molecule has 0 aromatic heterocycles. The van der Waals surface area contributed by atoms with Gasteiger partial charge < -0.3 is 20.7 Å². The molecule has 0 aliphatic carbocycles. The normalized spacial score (nSPS) is 36.6. The maximum absolute atomic E-state index is 11.7. The van der Waals surface area contributed by atoms with Crippen LogP contribution in [-0.2, 0) is 9.53 Å². The van der Waals surface area contributed by atoms with E-state index in [0.717, 1.165) is 0 Å². The molecule has 0 spiro atoms. The molecule has 4 atom stereocenters. The maximum Gasteiger partial charge on any atom is 0.281 e. The lowest BCUT2D eigenvalue weighted by molar-refractivity contribution is -0.117. The molecule has 0 saturated carbocycles. The van der Waals surface area contributed by atoms with Gasteiger partial charge in [-0.3, -0.25) is 9.69 Å². The molecule has 10 heteroatoms. The Bertz CT molecular complexity index is 548. The van der Waals surface area contributed by atoms with E-state index < -0.39 is 30.4 Å². The van der Waals surface area contributed by atoms with Crippen molar-refractivity contribution in [2.75, 3.05) is 6.61 Å². The lowest BCUT2D eigenvalue weighted by Gasteiger charge is -2.26. The number of nitrogens with two attached hydrogens (primary N) is 1. The second-order valence-corrected chi connectivity index (χ2v) is 5.27. The largest absolute Gasteiger partial charge is 0.394 e. The van der Waals surface area contributed by atoms with Gasteiger partial charge in [0.2, 0.25) is 5.96 Å². The number of rotatable bonds is 2. The first-order valence-electron chi connectivity index (χ1n) is 5.94. The number of ether oxygens (including phenoxy) is 1. The molecule has 0 radical (unpaired) electrons. The van der Waals surface area contributed by atoms with E-state index in [1.54, 1.807) is 4.90 Å². The van der Waals surface area contributed by atoms with Crippen LogP contribution in [0.3, 0.4) is 0 Å². The molecular formula is C10H12BrN5O4. The van der Waals surface area contributed by atoms with Gasteiger partial charge in [0.1, 0.15) is 12.3 Å². The minimum atomic E-state index is -0.842. The second-order valence-electron chi connectivity index (χ2n) is 4.56. The first-order valence-corrected chi connectivity index (χ1v) is 6.74. The van der Waals surface area contributed by atoms with Gasteiger partial charge in [-0.15, -0.1) is 0 Å². The monoisotopic (exact) mass is 345 g/mol. The highest BCUT2D eigenvalue weighted by atomic mass is 79.9. The summed E-state index contributed by atoms with van der Waals surface area (Å²) in [5.41, 5.74) is 5.49. The average Bonchev–Trinajstić information content (AvgIpc) is 2.89. The third-order valence-electron chi connectivity index (χ3n) is 3.29. The molecule has 108 valence electrons. The van der Waals surface area contributed by atoms with Crippen LogP contribution >= 0.6 is 15.9 Å². The summed E-state index contributed by atoms with van der Waals surface area (Å²) in [4.78, 5) is 25.0. The standard InChI is InChI=1S/C10H12BrN5O4/c11-9-13-6-7(14-10(12)15-8(6)19)16(9)5-1-3(18)4(2-17)20-5/h3-6,17-18H,1-2H2,(H2,12,15,19). The van der Waals surface area contributed by atoms with Gasteiger partial charge in [-0.25, -0.2) is 4.99 Å². The number of hydrogen-bond acceptors (Lipinski definition) is 8. The Balaban J connectivity index is 1.89. The average molecular weight is 346 g/mol. The molecule has 3 aliphatic heterocycles. The van der Waals surface area contributed by atoms with Crippen molar-refractivity contribution in [1.82, 2.24) is 4.90 Å². The fourth-order valence-electron chi connectivity index (χ4n) is 2.35. The Morgan fingerprint density at radius 1 is 1.50 bits per heavy atom. The predicted octanol–water partition coefficient (Wildman–Crippen LogP) is -1.86. The van der Waals surface area contributed by atoms with Gasteiger partial charge in [0.25, 0.3) is 5.91 Å². The van der Waals surface area contributed by atoms with Crippen molar-refractivity contribution in [3.05, 3.63) is 0 Å². The van der Waals surface area contributed by atoms with Gasteiger partial charge in [-0.2, -0.15) is 9.98 Å². The molecule has 1 saturated heterocycles. The quantitative estimate of drug-likeness (QED) is 0.503. The molecule has 1 fully saturated rings. The smallest absolute Gasteiger partial charge is 0.281 e. The van der Waals surface area contributed by atoms with Gasteiger partial charge >= 0.3 is 0 Å². The Morgan fingerprint density at radius 2 is 2.25 bits per heavy atom. The lowest BCUT2D eigenvalue weighted by Crippen LogP contribution is -2.46. The van der Waals surface area contributed by atoms with Crippen LogP contribution in [0.4, 0.5) is 0 Å². The molecule has 0 aromatic carbocycles. The molecule has 1 amide bonds. The van der Waals surface area contributed by atoms with Crippen molar-refractivity contribution < 1.29 is 19.7 Å². The number of fused-ring (bicyclic) bond motifs is 1. The zero-order chi connectivity index (χ0) is 14.4. The summed E-state index contributed by atoms with van der Waals surface area (Å²) in [6.07, 6.45) is -1.80. The number of carbonyl (C=O) groups is 1. The predicted molar refractivity (Wildman–Crippen MR) is 72.4 cm³/mol. The number of carbonyl (C=O) groups excluding carboxylic acids is 1. The maximum atomic E-state index is 11.7. The number of aliphatic imine (C=N–C) groups is 3. The van der Waals surface area contributed by atoms with Crippen LogP contribution in [0.5, 0.6) is 0 Å². The zero-order valence-corrected chi connectivity index (χ0v) is 11.8. The Labute approximate surface area is 122 Å². The zero-order valence-electron chi connectivity index (χ0n) is 10.2. The van der Waals surface area contributed by atoms with Crippen molar-refractivity contribution in [1.29, 1.82) is 0 Å². The van der Waals surface area contributed by atoms with E-state index in [9.17, 15) is 9.90 Å². The first kappa shape index (κ1) is 13.6. The van der Waals surface area contributed by atoms with E-state index in [1.165, 1.54) is 0 Å².